The highest BCUT2D eigenvalue weighted by Gasteiger charge is 2.24. The minimum absolute atomic E-state index is 0.0447. The standard InChI is InChI=1S/C14H21N3O4S/c1-10(11-4-3-7-15-9-11)16-13-6-5-12(22(2,20)21)8-14(13)17(18)19/h5-6,8,10-11,15-16H,3-4,7,9H2,1-2H3. The van der Waals surface area contributed by atoms with Crippen molar-refractivity contribution in [2.75, 3.05) is 24.7 Å². The molecule has 0 bridgehead atoms. The highest BCUT2D eigenvalue weighted by atomic mass is 32.2. The summed E-state index contributed by atoms with van der Waals surface area (Å²) in [5, 5.41) is 17.7. The lowest BCUT2D eigenvalue weighted by molar-refractivity contribution is -0.384. The van der Waals surface area contributed by atoms with Gasteiger partial charge in [0.15, 0.2) is 9.84 Å². The van der Waals surface area contributed by atoms with Crippen molar-refractivity contribution in [3.63, 3.8) is 0 Å². The first-order valence-electron chi connectivity index (χ1n) is 7.25. The van der Waals surface area contributed by atoms with Crippen LogP contribution in [0.1, 0.15) is 19.8 Å². The maximum atomic E-state index is 11.5. The fourth-order valence-electron chi connectivity index (χ4n) is 2.68. The number of rotatable bonds is 5. The maximum absolute atomic E-state index is 11.5. The Labute approximate surface area is 130 Å². The van der Waals surface area contributed by atoms with Gasteiger partial charge in [-0.15, -0.1) is 0 Å². The maximum Gasteiger partial charge on any atom is 0.293 e. The summed E-state index contributed by atoms with van der Waals surface area (Å²) in [7, 11) is -3.47. The van der Waals surface area contributed by atoms with Gasteiger partial charge in [0, 0.05) is 18.4 Å². The van der Waals surface area contributed by atoms with Gasteiger partial charge in [0.05, 0.1) is 9.82 Å². The van der Waals surface area contributed by atoms with E-state index in [1.807, 2.05) is 6.92 Å². The van der Waals surface area contributed by atoms with Crippen LogP contribution in [0.15, 0.2) is 23.1 Å². The van der Waals surface area contributed by atoms with Gasteiger partial charge in [-0.05, 0) is 50.9 Å². The van der Waals surface area contributed by atoms with E-state index in [-0.39, 0.29) is 16.6 Å². The Balaban J connectivity index is 2.24. The molecule has 8 heteroatoms. The van der Waals surface area contributed by atoms with Gasteiger partial charge in [-0.3, -0.25) is 10.1 Å². The lowest BCUT2D eigenvalue weighted by atomic mass is 9.92. The number of anilines is 1. The number of nitro benzene ring substituents is 1. The van der Waals surface area contributed by atoms with Crippen LogP contribution in [0, 0.1) is 16.0 Å². The Morgan fingerprint density at radius 3 is 2.73 bits per heavy atom. The molecule has 2 atom stereocenters. The highest BCUT2D eigenvalue weighted by molar-refractivity contribution is 7.90. The van der Waals surface area contributed by atoms with Crippen LogP contribution < -0.4 is 10.6 Å². The molecule has 1 saturated heterocycles. The van der Waals surface area contributed by atoms with Crippen LogP contribution in [0.3, 0.4) is 0 Å². The van der Waals surface area contributed by atoms with E-state index in [4.69, 9.17) is 0 Å². The summed E-state index contributed by atoms with van der Waals surface area (Å²) in [4.78, 5) is 10.6. The minimum atomic E-state index is -3.47. The minimum Gasteiger partial charge on any atom is -0.377 e. The molecule has 0 saturated carbocycles. The third-order valence-electron chi connectivity index (χ3n) is 4.02. The molecule has 1 aliphatic heterocycles. The summed E-state index contributed by atoms with van der Waals surface area (Å²) in [6.07, 6.45) is 3.19. The number of nitro groups is 1. The highest BCUT2D eigenvalue weighted by Crippen LogP contribution is 2.29. The van der Waals surface area contributed by atoms with E-state index < -0.39 is 14.8 Å². The quantitative estimate of drug-likeness (QED) is 0.631. The van der Waals surface area contributed by atoms with Crippen LogP contribution in [-0.2, 0) is 9.84 Å². The molecule has 0 amide bonds. The van der Waals surface area contributed by atoms with Crippen molar-refractivity contribution >= 4 is 21.2 Å². The summed E-state index contributed by atoms with van der Waals surface area (Å²) >= 11 is 0. The fraction of sp³-hybridized carbons (Fsp3) is 0.571. The molecular formula is C14H21N3O4S. The zero-order valence-corrected chi connectivity index (χ0v) is 13.5. The van der Waals surface area contributed by atoms with Crippen LogP contribution in [0.4, 0.5) is 11.4 Å². The summed E-state index contributed by atoms with van der Waals surface area (Å²) in [6, 6.07) is 4.05. The number of piperidine rings is 1. The van der Waals surface area contributed by atoms with Crippen molar-refractivity contribution in [3.05, 3.63) is 28.3 Å². The van der Waals surface area contributed by atoms with Gasteiger partial charge in [0.25, 0.3) is 5.69 Å². The number of nitrogens with one attached hydrogen (secondary N) is 2. The molecule has 122 valence electrons. The predicted molar refractivity (Wildman–Crippen MR) is 84.9 cm³/mol. The predicted octanol–water partition coefficient (Wildman–Crippen LogP) is 1.80. The molecule has 0 aromatic heterocycles. The first-order valence-corrected chi connectivity index (χ1v) is 9.14. The molecule has 1 heterocycles. The third-order valence-corrected chi connectivity index (χ3v) is 5.13. The van der Waals surface area contributed by atoms with Crippen LogP contribution in [0.2, 0.25) is 0 Å². The van der Waals surface area contributed by atoms with Gasteiger partial charge in [-0.2, -0.15) is 0 Å². The zero-order chi connectivity index (χ0) is 16.3. The SMILES string of the molecule is CC(Nc1ccc(S(C)(=O)=O)cc1[N+](=O)[O-])C1CCCNC1. The second-order valence-corrected chi connectivity index (χ2v) is 7.76. The van der Waals surface area contributed by atoms with Crippen molar-refractivity contribution in [2.45, 2.75) is 30.7 Å². The molecule has 2 N–H and O–H groups in total. The molecule has 1 aromatic carbocycles. The Morgan fingerprint density at radius 2 is 2.18 bits per heavy atom. The molecule has 0 radical (unpaired) electrons. The molecule has 1 aromatic rings. The van der Waals surface area contributed by atoms with Gasteiger partial charge < -0.3 is 10.6 Å². The van der Waals surface area contributed by atoms with Crippen molar-refractivity contribution < 1.29 is 13.3 Å². The molecule has 1 fully saturated rings. The van der Waals surface area contributed by atoms with Gasteiger partial charge >= 0.3 is 0 Å². The second-order valence-electron chi connectivity index (χ2n) is 5.75. The summed E-state index contributed by atoms with van der Waals surface area (Å²) in [6.45, 7) is 3.88. The average molecular weight is 327 g/mol. The number of hydrogen-bond donors (Lipinski definition) is 2. The average Bonchev–Trinajstić information content (AvgIpc) is 2.47. The van der Waals surface area contributed by atoms with Crippen molar-refractivity contribution in [2.24, 2.45) is 5.92 Å². The molecule has 0 spiro atoms. The van der Waals surface area contributed by atoms with Crippen LogP contribution in [0.5, 0.6) is 0 Å². The number of sulfone groups is 1. The Bertz CT molecular complexity index is 654. The molecular weight excluding hydrogens is 306 g/mol. The molecule has 7 nitrogen and oxygen atoms in total. The van der Waals surface area contributed by atoms with Crippen LogP contribution >= 0.6 is 0 Å². The Morgan fingerprint density at radius 1 is 1.45 bits per heavy atom. The molecule has 2 rings (SSSR count). The van der Waals surface area contributed by atoms with Crippen LogP contribution in [-0.4, -0.2) is 38.7 Å². The van der Waals surface area contributed by atoms with E-state index in [9.17, 15) is 18.5 Å². The van der Waals surface area contributed by atoms with Gasteiger partial charge in [-0.25, -0.2) is 8.42 Å². The van der Waals surface area contributed by atoms with E-state index >= 15 is 0 Å². The fourth-order valence-corrected chi connectivity index (χ4v) is 3.32. The Kier molecular flexibility index (Phi) is 5.02. The lowest BCUT2D eigenvalue weighted by Gasteiger charge is -2.29. The summed E-state index contributed by atoms with van der Waals surface area (Å²) in [5.41, 5.74) is 0.147. The lowest BCUT2D eigenvalue weighted by Crippen LogP contribution is -2.38. The van der Waals surface area contributed by atoms with E-state index in [1.54, 1.807) is 0 Å². The normalized spacial score (nSPS) is 20.4. The van der Waals surface area contributed by atoms with Gasteiger partial charge in [0.2, 0.25) is 0 Å². The number of nitrogens with zero attached hydrogens (tertiary/aromatic N) is 1. The van der Waals surface area contributed by atoms with Crippen molar-refractivity contribution in [1.29, 1.82) is 0 Å². The van der Waals surface area contributed by atoms with E-state index in [2.05, 4.69) is 10.6 Å². The Hall–Kier alpha value is -1.67. The molecule has 1 aliphatic rings. The van der Waals surface area contributed by atoms with Gasteiger partial charge in [-0.1, -0.05) is 0 Å². The van der Waals surface area contributed by atoms with E-state index in [1.165, 1.54) is 12.1 Å². The van der Waals surface area contributed by atoms with Crippen molar-refractivity contribution in [1.82, 2.24) is 5.32 Å². The molecule has 0 aliphatic carbocycles. The first-order chi connectivity index (χ1) is 10.3. The van der Waals surface area contributed by atoms with E-state index in [0.717, 1.165) is 38.3 Å². The monoisotopic (exact) mass is 327 g/mol. The van der Waals surface area contributed by atoms with Crippen LogP contribution in [0.25, 0.3) is 0 Å². The van der Waals surface area contributed by atoms with Gasteiger partial charge in [0.1, 0.15) is 5.69 Å². The third kappa shape index (κ3) is 3.95. The summed E-state index contributed by atoms with van der Waals surface area (Å²) < 4.78 is 23.1. The summed E-state index contributed by atoms with van der Waals surface area (Å²) in [5.74, 6) is 0.392. The van der Waals surface area contributed by atoms with E-state index in [0.29, 0.717) is 11.6 Å². The largest absolute Gasteiger partial charge is 0.377 e. The zero-order valence-electron chi connectivity index (χ0n) is 12.7. The molecule has 2 unspecified atom stereocenters. The number of hydrogen-bond acceptors (Lipinski definition) is 6. The van der Waals surface area contributed by atoms with Crippen molar-refractivity contribution in [3.8, 4) is 0 Å². The number of benzene rings is 1. The second kappa shape index (κ2) is 6.62. The smallest absolute Gasteiger partial charge is 0.293 e. The topological polar surface area (TPSA) is 101 Å². The first kappa shape index (κ1) is 16.7. The molecule has 22 heavy (non-hydrogen) atoms.